The van der Waals surface area contributed by atoms with Crippen molar-refractivity contribution in [3.63, 3.8) is 0 Å². The number of halogens is 3. The minimum Gasteiger partial charge on any atom is -0.455 e. The number of ether oxygens (including phenoxy) is 1. The minimum atomic E-state index is -0.472. The van der Waals surface area contributed by atoms with Gasteiger partial charge in [0.05, 0.1) is 16.5 Å². The van der Waals surface area contributed by atoms with Gasteiger partial charge in [-0.3, -0.25) is 4.79 Å². The standard InChI is InChI=1S/C17H11Cl2FN2O3/c18-13-6-1-10(7-14(13)19)8-16(23)24-9-15-21-17(22-25-15)11-2-4-12(20)5-3-11/h1-7H,8-9H2. The van der Waals surface area contributed by atoms with Gasteiger partial charge in [0.2, 0.25) is 5.82 Å². The van der Waals surface area contributed by atoms with Crippen molar-refractivity contribution >= 4 is 29.2 Å². The Labute approximate surface area is 152 Å². The lowest BCUT2D eigenvalue weighted by Crippen LogP contribution is -2.08. The van der Waals surface area contributed by atoms with Crippen LogP contribution in [0.4, 0.5) is 4.39 Å². The maximum absolute atomic E-state index is 12.9. The molecular weight excluding hydrogens is 370 g/mol. The van der Waals surface area contributed by atoms with Gasteiger partial charge in [-0.15, -0.1) is 0 Å². The zero-order valence-corrected chi connectivity index (χ0v) is 14.2. The Bertz CT molecular complexity index is 897. The number of benzene rings is 2. The molecule has 0 aliphatic heterocycles. The molecule has 0 spiro atoms. The maximum Gasteiger partial charge on any atom is 0.310 e. The van der Waals surface area contributed by atoms with Crippen LogP contribution in [-0.4, -0.2) is 16.1 Å². The molecule has 0 bridgehead atoms. The summed E-state index contributed by atoms with van der Waals surface area (Å²) in [5.41, 5.74) is 1.27. The summed E-state index contributed by atoms with van der Waals surface area (Å²) in [6.45, 7) is -0.158. The van der Waals surface area contributed by atoms with E-state index in [0.29, 0.717) is 21.2 Å². The number of aromatic nitrogens is 2. The quantitative estimate of drug-likeness (QED) is 0.611. The molecule has 0 N–H and O–H groups in total. The zero-order chi connectivity index (χ0) is 17.8. The molecule has 2 aromatic carbocycles. The molecule has 25 heavy (non-hydrogen) atoms. The lowest BCUT2D eigenvalue weighted by Gasteiger charge is -2.03. The van der Waals surface area contributed by atoms with Crippen LogP contribution in [0.5, 0.6) is 0 Å². The van der Waals surface area contributed by atoms with Gasteiger partial charge in [0.15, 0.2) is 6.61 Å². The Kier molecular flexibility index (Phi) is 5.31. The van der Waals surface area contributed by atoms with Crippen molar-refractivity contribution in [2.24, 2.45) is 0 Å². The average molecular weight is 381 g/mol. The SMILES string of the molecule is O=C(Cc1ccc(Cl)c(Cl)c1)OCc1nc(-c2ccc(F)cc2)no1. The molecule has 0 amide bonds. The fraction of sp³-hybridized carbons (Fsp3) is 0.118. The monoisotopic (exact) mass is 380 g/mol. The first-order valence-electron chi connectivity index (χ1n) is 7.19. The Morgan fingerprint density at radius 1 is 1.12 bits per heavy atom. The van der Waals surface area contributed by atoms with Crippen LogP contribution in [0.25, 0.3) is 11.4 Å². The fourth-order valence-electron chi connectivity index (χ4n) is 2.04. The molecule has 0 unspecified atom stereocenters. The van der Waals surface area contributed by atoms with Crippen LogP contribution in [-0.2, 0) is 22.6 Å². The summed E-state index contributed by atoms with van der Waals surface area (Å²) in [6.07, 6.45) is 0.0375. The third-order valence-electron chi connectivity index (χ3n) is 3.26. The Morgan fingerprint density at radius 2 is 1.88 bits per heavy atom. The highest BCUT2D eigenvalue weighted by atomic mass is 35.5. The molecule has 0 atom stereocenters. The molecule has 3 aromatic rings. The molecule has 0 saturated heterocycles. The van der Waals surface area contributed by atoms with Crippen molar-refractivity contribution in [2.45, 2.75) is 13.0 Å². The van der Waals surface area contributed by atoms with Crippen LogP contribution in [0.1, 0.15) is 11.5 Å². The topological polar surface area (TPSA) is 65.2 Å². The van der Waals surface area contributed by atoms with E-state index in [2.05, 4.69) is 10.1 Å². The van der Waals surface area contributed by atoms with E-state index in [1.165, 1.54) is 24.3 Å². The Hall–Kier alpha value is -2.44. The number of carbonyl (C=O) groups is 1. The number of carbonyl (C=O) groups excluding carboxylic acids is 1. The summed E-state index contributed by atoms with van der Waals surface area (Å²) in [5.74, 6) is -0.402. The number of hydrogen-bond donors (Lipinski definition) is 0. The van der Waals surface area contributed by atoms with Crippen molar-refractivity contribution in [1.29, 1.82) is 0 Å². The highest BCUT2D eigenvalue weighted by molar-refractivity contribution is 6.42. The molecule has 128 valence electrons. The van der Waals surface area contributed by atoms with Crippen molar-refractivity contribution in [2.75, 3.05) is 0 Å². The molecule has 0 fully saturated rings. The number of nitrogens with zero attached hydrogens (tertiary/aromatic N) is 2. The molecule has 0 radical (unpaired) electrons. The van der Waals surface area contributed by atoms with Gasteiger partial charge in [-0.05, 0) is 42.0 Å². The van der Waals surface area contributed by atoms with Gasteiger partial charge >= 0.3 is 5.97 Å². The van der Waals surface area contributed by atoms with E-state index in [1.807, 2.05) is 0 Å². The lowest BCUT2D eigenvalue weighted by molar-refractivity contribution is -0.144. The number of esters is 1. The van der Waals surface area contributed by atoms with Crippen LogP contribution in [0.15, 0.2) is 47.0 Å². The van der Waals surface area contributed by atoms with Gasteiger partial charge in [-0.2, -0.15) is 4.98 Å². The van der Waals surface area contributed by atoms with Crippen LogP contribution < -0.4 is 0 Å². The molecule has 1 aromatic heterocycles. The summed E-state index contributed by atoms with van der Waals surface area (Å²) < 4.78 is 23.0. The predicted octanol–water partition coefficient (Wildman–Crippen LogP) is 4.47. The van der Waals surface area contributed by atoms with E-state index < -0.39 is 5.97 Å². The van der Waals surface area contributed by atoms with Gasteiger partial charge in [0.1, 0.15) is 5.82 Å². The second-order valence-corrected chi connectivity index (χ2v) is 5.92. The highest BCUT2D eigenvalue weighted by Crippen LogP contribution is 2.23. The predicted molar refractivity (Wildman–Crippen MR) is 89.7 cm³/mol. The first-order valence-corrected chi connectivity index (χ1v) is 7.95. The summed E-state index contributed by atoms with van der Waals surface area (Å²) >= 11 is 11.7. The summed E-state index contributed by atoms with van der Waals surface area (Å²) in [7, 11) is 0. The van der Waals surface area contributed by atoms with Crippen LogP contribution >= 0.6 is 23.2 Å². The largest absolute Gasteiger partial charge is 0.455 e. The van der Waals surface area contributed by atoms with Crippen molar-refractivity contribution in [3.05, 3.63) is 69.8 Å². The zero-order valence-electron chi connectivity index (χ0n) is 12.7. The lowest BCUT2D eigenvalue weighted by atomic mass is 10.1. The highest BCUT2D eigenvalue weighted by Gasteiger charge is 2.12. The van der Waals surface area contributed by atoms with Crippen molar-refractivity contribution < 1.29 is 18.4 Å². The minimum absolute atomic E-state index is 0.0375. The van der Waals surface area contributed by atoms with Gasteiger partial charge in [0, 0.05) is 5.56 Å². The Balaban J connectivity index is 1.57. The van der Waals surface area contributed by atoms with E-state index in [9.17, 15) is 9.18 Å². The average Bonchev–Trinajstić information content (AvgIpc) is 3.06. The van der Waals surface area contributed by atoms with Crippen LogP contribution in [0.3, 0.4) is 0 Å². The molecule has 5 nitrogen and oxygen atoms in total. The fourth-order valence-corrected chi connectivity index (χ4v) is 2.36. The molecule has 0 aliphatic carbocycles. The van der Waals surface area contributed by atoms with Gasteiger partial charge in [0.25, 0.3) is 5.89 Å². The third kappa shape index (κ3) is 4.55. The molecule has 1 heterocycles. The van der Waals surface area contributed by atoms with Crippen molar-refractivity contribution in [1.82, 2.24) is 10.1 Å². The number of rotatable bonds is 5. The smallest absolute Gasteiger partial charge is 0.310 e. The van der Waals surface area contributed by atoms with E-state index in [-0.39, 0.29) is 30.6 Å². The first-order chi connectivity index (χ1) is 12.0. The van der Waals surface area contributed by atoms with Gasteiger partial charge in [-0.1, -0.05) is 34.4 Å². The van der Waals surface area contributed by atoms with E-state index in [0.717, 1.165) is 0 Å². The number of hydrogen-bond acceptors (Lipinski definition) is 5. The summed E-state index contributed by atoms with van der Waals surface area (Å²) in [6, 6.07) is 10.5. The second-order valence-electron chi connectivity index (χ2n) is 5.10. The van der Waals surface area contributed by atoms with Gasteiger partial charge < -0.3 is 9.26 Å². The van der Waals surface area contributed by atoms with Crippen LogP contribution in [0.2, 0.25) is 10.0 Å². The molecule has 0 aliphatic rings. The Morgan fingerprint density at radius 3 is 2.60 bits per heavy atom. The molecule has 8 heteroatoms. The first kappa shape index (κ1) is 17.4. The van der Waals surface area contributed by atoms with Crippen LogP contribution in [0, 0.1) is 5.82 Å². The third-order valence-corrected chi connectivity index (χ3v) is 4.00. The van der Waals surface area contributed by atoms with E-state index in [4.69, 9.17) is 32.5 Å². The molecule has 3 rings (SSSR count). The van der Waals surface area contributed by atoms with E-state index in [1.54, 1.807) is 18.2 Å². The maximum atomic E-state index is 12.9. The second kappa shape index (κ2) is 7.63. The summed E-state index contributed by atoms with van der Waals surface area (Å²) in [4.78, 5) is 16.0. The van der Waals surface area contributed by atoms with Gasteiger partial charge in [-0.25, -0.2) is 4.39 Å². The molecular formula is C17H11Cl2FN2O3. The summed E-state index contributed by atoms with van der Waals surface area (Å²) in [5, 5.41) is 4.55. The molecule has 0 saturated carbocycles. The van der Waals surface area contributed by atoms with E-state index >= 15 is 0 Å². The van der Waals surface area contributed by atoms with Crippen molar-refractivity contribution in [3.8, 4) is 11.4 Å². The normalized spacial score (nSPS) is 10.7.